The van der Waals surface area contributed by atoms with Gasteiger partial charge in [0.05, 0.1) is 84.3 Å². The molecule has 5 heterocycles. The third-order valence-electron chi connectivity index (χ3n) is 11.9. The van der Waals surface area contributed by atoms with Crippen molar-refractivity contribution in [3.05, 3.63) is 224 Å². The lowest BCUT2D eigenvalue weighted by Gasteiger charge is -2.13. The number of esters is 4. The Labute approximate surface area is 379 Å². The lowest BCUT2D eigenvalue weighted by molar-refractivity contribution is -0.383. The molecule has 4 aromatic carbocycles. The minimum atomic E-state index is -0.446. The molecule has 0 saturated carbocycles. The van der Waals surface area contributed by atoms with Crippen molar-refractivity contribution in [2.45, 2.75) is 0 Å². The Morgan fingerprint density at radius 2 is 0.894 bits per heavy atom. The SMILES string of the molecule is COC(=O)c1ccc(C2=C3C=CC(=[NH+]3)C(c3ccc(C(=O)OC)cc3)=c3ccc(n3C)=C(c3ccc(C(=O)OC)cc3)c3cc(n(C)c3)C(c3ccc(C(=O)OC)cc3)=C3C=CC2=N3)cc1. The summed E-state index contributed by atoms with van der Waals surface area (Å²) in [6.45, 7) is 0. The Bertz CT molecular complexity index is 3340. The molecule has 9 rings (SSSR count). The molecule has 0 saturated heterocycles. The van der Waals surface area contributed by atoms with Gasteiger partial charge in [0.25, 0.3) is 0 Å². The van der Waals surface area contributed by atoms with Crippen molar-refractivity contribution in [3.8, 4) is 0 Å². The number of aromatic nitrogens is 2. The predicted molar refractivity (Wildman–Crippen MR) is 250 cm³/mol. The van der Waals surface area contributed by atoms with Crippen LogP contribution in [0.1, 0.15) is 74.9 Å². The molecule has 3 aliphatic heterocycles. The minimum Gasteiger partial charge on any atom is -0.465 e. The van der Waals surface area contributed by atoms with E-state index in [1.807, 2.05) is 86.9 Å². The number of hydrogen-bond donors (Lipinski definition) is 1. The number of aryl methyl sites for hydroxylation is 1. The average Bonchev–Trinajstić information content (AvgIpc) is 4.18. The number of nitrogens with one attached hydrogen (secondary N) is 1. The van der Waals surface area contributed by atoms with Gasteiger partial charge in [-0.2, -0.15) is 0 Å². The van der Waals surface area contributed by atoms with Crippen molar-refractivity contribution in [2.24, 2.45) is 19.1 Å². The van der Waals surface area contributed by atoms with Crippen LogP contribution in [0, 0.1) is 0 Å². The number of methoxy groups -OCH3 is 4. The van der Waals surface area contributed by atoms with Crippen LogP contribution in [0.25, 0.3) is 22.3 Å². The van der Waals surface area contributed by atoms with Gasteiger partial charge in [0.2, 0.25) is 11.4 Å². The maximum atomic E-state index is 12.6. The maximum Gasteiger partial charge on any atom is 0.337 e. The van der Waals surface area contributed by atoms with Crippen molar-refractivity contribution in [1.29, 1.82) is 0 Å². The summed E-state index contributed by atoms with van der Waals surface area (Å²) < 4.78 is 24.3. The summed E-state index contributed by atoms with van der Waals surface area (Å²) in [5.41, 5.74) is 12.9. The third kappa shape index (κ3) is 7.64. The fourth-order valence-electron chi connectivity index (χ4n) is 8.63. The van der Waals surface area contributed by atoms with Crippen LogP contribution in [0.15, 0.2) is 162 Å². The maximum absolute atomic E-state index is 12.6. The average molecular weight is 876 g/mol. The quantitative estimate of drug-likeness (QED) is 0.162. The van der Waals surface area contributed by atoms with Crippen LogP contribution in [-0.4, -0.2) is 72.9 Å². The van der Waals surface area contributed by atoms with E-state index in [0.29, 0.717) is 33.7 Å². The molecule has 6 aromatic rings. The second-order valence-corrected chi connectivity index (χ2v) is 15.7. The number of rotatable bonds is 8. The van der Waals surface area contributed by atoms with Crippen LogP contribution in [-0.2, 0) is 33.0 Å². The van der Waals surface area contributed by atoms with Gasteiger partial charge in [-0.15, -0.1) is 0 Å². The highest BCUT2D eigenvalue weighted by Crippen LogP contribution is 2.36. The number of nitrogens with zero attached hydrogens (tertiary/aromatic N) is 3. The molecule has 0 atom stereocenters. The molecular weight excluding hydrogens is 833 g/mol. The molecule has 0 aliphatic carbocycles. The molecule has 1 N–H and O–H groups in total. The summed E-state index contributed by atoms with van der Waals surface area (Å²) in [5, 5.41) is 1.75. The number of aliphatic imine (C=N–C) groups is 1. The molecule has 0 fully saturated rings. The first-order chi connectivity index (χ1) is 32.0. The van der Waals surface area contributed by atoms with E-state index in [1.165, 1.54) is 28.4 Å². The van der Waals surface area contributed by atoms with E-state index in [2.05, 4.69) is 38.5 Å². The van der Waals surface area contributed by atoms with E-state index in [9.17, 15) is 19.2 Å². The summed E-state index contributed by atoms with van der Waals surface area (Å²) >= 11 is 0. The number of fused-ring (bicyclic) bond motifs is 6. The van der Waals surface area contributed by atoms with Gasteiger partial charge < -0.3 is 28.1 Å². The number of allylic oxidation sites excluding steroid dienone is 5. The first-order valence-electron chi connectivity index (χ1n) is 20.9. The molecule has 66 heavy (non-hydrogen) atoms. The van der Waals surface area contributed by atoms with Crippen LogP contribution in [0.3, 0.4) is 0 Å². The van der Waals surface area contributed by atoms with E-state index in [0.717, 1.165) is 77.9 Å². The molecule has 0 unspecified atom stereocenters. The zero-order chi connectivity index (χ0) is 46.2. The topological polar surface area (TPSA) is 141 Å². The zero-order valence-electron chi connectivity index (χ0n) is 37.0. The second kappa shape index (κ2) is 17.5. The first-order valence-corrected chi connectivity index (χ1v) is 20.9. The molecule has 3 aliphatic rings. The number of carbonyl (C=O) groups is 4. The normalized spacial score (nSPS) is 14.0. The van der Waals surface area contributed by atoms with Crippen molar-refractivity contribution < 1.29 is 43.1 Å². The number of benzene rings is 4. The molecule has 326 valence electrons. The standard InChI is InChI=1S/C54H42N4O8/c1-57-30-39-29-46(57)50(34-13-21-38(22-14-34)54(62)66-6)43-26-24-41(56-43)48(32-9-17-36(18-10-32)52(60)64-4)40-23-25-42(55-40)49(33-11-19-37(20-12-33)53(61)65-5)45-28-27-44(58(45)2)47(39)31-7-15-35(16-8-31)51(59)63-3/h7-30H,1-6H3/p+1. The van der Waals surface area contributed by atoms with Crippen molar-refractivity contribution in [1.82, 2.24) is 9.13 Å². The smallest absolute Gasteiger partial charge is 0.337 e. The molecule has 12 nitrogen and oxygen atoms in total. The van der Waals surface area contributed by atoms with Gasteiger partial charge in [0.15, 0.2) is 0 Å². The highest BCUT2D eigenvalue weighted by molar-refractivity contribution is 6.33. The van der Waals surface area contributed by atoms with Crippen LogP contribution in [0.4, 0.5) is 0 Å². The Balaban J connectivity index is 1.40. The van der Waals surface area contributed by atoms with Crippen molar-refractivity contribution in [3.63, 3.8) is 0 Å². The lowest BCUT2D eigenvalue weighted by atomic mass is 9.95. The first kappa shape index (κ1) is 42.7. The molecule has 0 spiro atoms. The molecule has 2 aromatic heterocycles. The van der Waals surface area contributed by atoms with Crippen LogP contribution < -0.4 is 15.7 Å². The van der Waals surface area contributed by atoms with Crippen molar-refractivity contribution in [2.75, 3.05) is 28.4 Å². The predicted octanol–water partition coefficient (Wildman–Crippen LogP) is 5.24. The third-order valence-corrected chi connectivity index (χ3v) is 11.9. The van der Waals surface area contributed by atoms with Gasteiger partial charge in [-0.3, -0.25) is 0 Å². The lowest BCUT2D eigenvalue weighted by Crippen LogP contribution is -2.69. The van der Waals surface area contributed by atoms with Gasteiger partial charge in [0.1, 0.15) is 0 Å². The highest BCUT2D eigenvalue weighted by Gasteiger charge is 2.29. The molecule has 8 bridgehead atoms. The number of carbonyl (C=O) groups excluding carboxylic acids is 4. The van der Waals surface area contributed by atoms with E-state index in [-0.39, 0.29) is 0 Å². The zero-order valence-corrected chi connectivity index (χ0v) is 37.0. The summed E-state index contributed by atoms with van der Waals surface area (Å²) in [5.74, 6) is -1.77. The van der Waals surface area contributed by atoms with E-state index in [1.54, 1.807) is 48.5 Å². The van der Waals surface area contributed by atoms with E-state index in [4.69, 9.17) is 23.9 Å². The van der Waals surface area contributed by atoms with Gasteiger partial charge in [-0.1, -0.05) is 48.5 Å². The highest BCUT2D eigenvalue weighted by atomic mass is 16.5. The number of ether oxygens (including phenoxy) is 4. The Morgan fingerprint density at radius 3 is 1.36 bits per heavy atom. The minimum absolute atomic E-state index is 0.407. The van der Waals surface area contributed by atoms with Crippen LogP contribution in [0.2, 0.25) is 0 Å². The summed E-state index contributed by atoms with van der Waals surface area (Å²) in [4.78, 5) is 59.4. The summed E-state index contributed by atoms with van der Waals surface area (Å²) in [6, 6.07) is 35.4. The van der Waals surface area contributed by atoms with Gasteiger partial charge in [0, 0.05) is 54.5 Å². The largest absolute Gasteiger partial charge is 0.465 e. The summed E-state index contributed by atoms with van der Waals surface area (Å²) in [7, 11) is 9.42. The summed E-state index contributed by atoms with van der Waals surface area (Å²) in [6.07, 6.45) is 10.1. The fraction of sp³-hybridized carbons (Fsp3) is 0.111. The van der Waals surface area contributed by atoms with Gasteiger partial charge >= 0.3 is 23.9 Å². The van der Waals surface area contributed by atoms with Gasteiger partial charge in [-0.25, -0.2) is 29.2 Å². The molecular formula is C54H43N4O8+. The van der Waals surface area contributed by atoms with Crippen LogP contribution >= 0.6 is 0 Å². The fourth-order valence-corrected chi connectivity index (χ4v) is 8.63. The van der Waals surface area contributed by atoms with E-state index < -0.39 is 23.9 Å². The Kier molecular flexibility index (Phi) is 11.3. The molecule has 0 amide bonds. The Hall–Kier alpha value is -8.64. The molecule has 0 radical (unpaired) electrons. The molecule has 12 heteroatoms. The van der Waals surface area contributed by atoms with Crippen LogP contribution in [0.5, 0.6) is 0 Å². The Morgan fingerprint density at radius 1 is 0.470 bits per heavy atom. The monoisotopic (exact) mass is 875 g/mol. The second-order valence-electron chi connectivity index (χ2n) is 15.7. The van der Waals surface area contributed by atoms with Gasteiger partial charge in [-0.05, 0) is 101 Å². The van der Waals surface area contributed by atoms with Crippen molar-refractivity contribution >= 4 is 57.6 Å². The number of hydrogen-bond acceptors (Lipinski definition) is 9. The van der Waals surface area contributed by atoms with E-state index >= 15 is 0 Å².